The van der Waals surface area contributed by atoms with E-state index in [0.717, 1.165) is 17.7 Å². The minimum atomic E-state index is -4.57. The molecule has 39 heavy (non-hydrogen) atoms. The molecule has 0 saturated heterocycles. The number of aromatic nitrogens is 3. The summed E-state index contributed by atoms with van der Waals surface area (Å²) in [7, 11) is 0. The Morgan fingerprint density at radius 2 is 2.03 bits per heavy atom. The number of fused-ring (bicyclic) bond motifs is 1. The van der Waals surface area contributed by atoms with Crippen LogP contribution in [-0.2, 0) is 40.1 Å². The van der Waals surface area contributed by atoms with Crippen molar-refractivity contribution >= 4 is 17.5 Å². The number of hydrogen-bond acceptors (Lipinski definition) is 6. The van der Waals surface area contributed by atoms with Crippen molar-refractivity contribution in [3.05, 3.63) is 71.9 Å². The Labute approximate surface area is 223 Å². The van der Waals surface area contributed by atoms with E-state index in [1.165, 1.54) is 17.7 Å². The summed E-state index contributed by atoms with van der Waals surface area (Å²) in [6.07, 6.45) is -1.21. The number of alkyl halides is 3. The molecule has 9 nitrogen and oxygen atoms in total. The summed E-state index contributed by atoms with van der Waals surface area (Å²) in [5.74, 6) is 0.137. The van der Waals surface area contributed by atoms with Gasteiger partial charge in [-0.1, -0.05) is 17.9 Å². The van der Waals surface area contributed by atoms with Crippen molar-refractivity contribution in [2.45, 2.75) is 32.7 Å². The van der Waals surface area contributed by atoms with Crippen LogP contribution in [0.15, 0.2) is 55.3 Å². The summed E-state index contributed by atoms with van der Waals surface area (Å²) < 4.78 is 54.0. The highest BCUT2D eigenvalue weighted by molar-refractivity contribution is 6.02. The molecule has 12 heteroatoms. The lowest BCUT2D eigenvalue weighted by atomic mass is 10.0. The van der Waals surface area contributed by atoms with Gasteiger partial charge < -0.3 is 19.7 Å². The van der Waals surface area contributed by atoms with Gasteiger partial charge in [0.25, 0.3) is 0 Å². The van der Waals surface area contributed by atoms with Crippen LogP contribution in [0.2, 0.25) is 0 Å². The minimum absolute atomic E-state index is 0.112. The van der Waals surface area contributed by atoms with Crippen LogP contribution in [0.4, 0.5) is 18.9 Å². The second-order valence-corrected chi connectivity index (χ2v) is 8.87. The Kier molecular flexibility index (Phi) is 8.65. The fraction of sp³-hybridized carbons (Fsp3) is 0.333. The fourth-order valence-electron chi connectivity index (χ4n) is 4.22. The molecule has 2 aromatic carbocycles. The van der Waals surface area contributed by atoms with Gasteiger partial charge in [0, 0.05) is 31.1 Å². The smallest absolute Gasteiger partial charge is 0.416 e. The van der Waals surface area contributed by atoms with Crippen LogP contribution in [0.25, 0.3) is 11.3 Å². The number of carbonyl (C=O) groups excluding carboxylic acids is 2. The van der Waals surface area contributed by atoms with Crippen molar-refractivity contribution in [2.24, 2.45) is 0 Å². The molecular formula is C27H28F3N5O4. The zero-order valence-electron chi connectivity index (χ0n) is 21.3. The average molecular weight is 544 g/mol. The molecule has 4 rings (SSSR count). The molecule has 2 amide bonds. The summed E-state index contributed by atoms with van der Waals surface area (Å²) in [5, 5.41) is 10.6. The molecule has 0 radical (unpaired) electrons. The first-order valence-corrected chi connectivity index (χ1v) is 12.3. The van der Waals surface area contributed by atoms with Crippen LogP contribution in [0.3, 0.4) is 0 Å². The molecule has 2 heterocycles. The number of amides is 2. The van der Waals surface area contributed by atoms with Gasteiger partial charge in [0.2, 0.25) is 11.8 Å². The van der Waals surface area contributed by atoms with Gasteiger partial charge in [0.15, 0.2) is 0 Å². The maximum absolute atomic E-state index is 13.7. The van der Waals surface area contributed by atoms with E-state index in [1.807, 2.05) is 0 Å². The molecule has 206 valence electrons. The zero-order chi connectivity index (χ0) is 28.0. The van der Waals surface area contributed by atoms with E-state index in [1.54, 1.807) is 35.4 Å². The van der Waals surface area contributed by atoms with Crippen molar-refractivity contribution in [3.8, 4) is 17.0 Å². The molecule has 1 N–H and O–H groups in total. The van der Waals surface area contributed by atoms with Crippen LogP contribution in [0.5, 0.6) is 5.75 Å². The molecule has 0 spiro atoms. The van der Waals surface area contributed by atoms with E-state index in [2.05, 4.69) is 22.2 Å². The molecule has 3 aromatic rings. The van der Waals surface area contributed by atoms with E-state index >= 15 is 0 Å². The van der Waals surface area contributed by atoms with Crippen molar-refractivity contribution in [1.29, 1.82) is 0 Å². The van der Waals surface area contributed by atoms with E-state index in [0.29, 0.717) is 56.3 Å². The van der Waals surface area contributed by atoms with E-state index < -0.39 is 11.7 Å². The highest BCUT2D eigenvalue weighted by Gasteiger charge is 2.32. The van der Waals surface area contributed by atoms with Gasteiger partial charge in [0.1, 0.15) is 18.1 Å². The molecule has 0 aliphatic carbocycles. The Morgan fingerprint density at radius 1 is 1.21 bits per heavy atom. The predicted octanol–water partition coefficient (Wildman–Crippen LogP) is 3.77. The first-order valence-electron chi connectivity index (χ1n) is 12.3. The first-order chi connectivity index (χ1) is 18.7. The second-order valence-electron chi connectivity index (χ2n) is 8.87. The van der Waals surface area contributed by atoms with Gasteiger partial charge in [-0.15, -0.1) is 5.10 Å². The Morgan fingerprint density at radius 3 is 2.77 bits per heavy atom. The SMILES string of the molecule is C=CC(=O)N1CCc2c(OCc3cc(-c4cn(CCOCCNC(C)=O)nn4)cc(C(F)(F)F)c3)cccc21. The van der Waals surface area contributed by atoms with Crippen molar-refractivity contribution in [3.63, 3.8) is 0 Å². The lowest BCUT2D eigenvalue weighted by Gasteiger charge is -2.16. The number of anilines is 1. The summed E-state index contributed by atoms with van der Waals surface area (Å²) in [6, 6.07) is 8.94. The number of benzene rings is 2. The molecule has 0 unspecified atom stereocenters. The highest BCUT2D eigenvalue weighted by Crippen LogP contribution is 2.37. The molecular weight excluding hydrogens is 515 g/mol. The maximum atomic E-state index is 13.7. The maximum Gasteiger partial charge on any atom is 0.416 e. The number of carbonyl (C=O) groups is 2. The minimum Gasteiger partial charge on any atom is -0.489 e. The lowest BCUT2D eigenvalue weighted by molar-refractivity contribution is -0.137. The summed E-state index contributed by atoms with van der Waals surface area (Å²) in [4.78, 5) is 24.6. The van der Waals surface area contributed by atoms with E-state index in [9.17, 15) is 22.8 Å². The standard InChI is InChI=1S/C27H28F3N5O4/c1-3-26(37)35-9-7-22-24(35)5-4-6-25(22)39-17-19-13-20(15-21(14-19)27(28,29)30)23-16-34(33-32-23)10-12-38-11-8-31-18(2)36/h3-6,13-16H,1,7-12,17H2,2H3,(H,31,36). The number of nitrogens with one attached hydrogen (secondary N) is 1. The lowest BCUT2D eigenvalue weighted by Crippen LogP contribution is -2.26. The number of ether oxygens (including phenoxy) is 2. The number of nitrogens with zero attached hydrogens (tertiary/aromatic N) is 4. The van der Waals surface area contributed by atoms with Crippen molar-refractivity contribution < 1.29 is 32.2 Å². The third kappa shape index (κ3) is 7.02. The van der Waals surface area contributed by atoms with Crippen LogP contribution in [-0.4, -0.2) is 53.1 Å². The zero-order valence-corrected chi connectivity index (χ0v) is 21.3. The summed E-state index contributed by atoms with van der Waals surface area (Å²) >= 11 is 0. The molecule has 1 aromatic heterocycles. The van der Waals surface area contributed by atoms with Crippen molar-refractivity contribution in [1.82, 2.24) is 20.3 Å². The number of halogens is 3. The fourth-order valence-corrected chi connectivity index (χ4v) is 4.22. The summed E-state index contributed by atoms with van der Waals surface area (Å²) in [5.41, 5.74) is 1.54. The highest BCUT2D eigenvalue weighted by atomic mass is 19.4. The third-order valence-electron chi connectivity index (χ3n) is 6.06. The van der Waals surface area contributed by atoms with E-state index in [-0.39, 0.29) is 29.7 Å². The molecule has 0 bridgehead atoms. The molecule has 1 aliphatic rings. The Bertz CT molecular complexity index is 1360. The van der Waals surface area contributed by atoms with Crippen LogP contribution in [0, 0.1) is 0 Å². The van der Waals surface area contributed by atoms with Gasteiger partial charge >= 0.3 is 6.18 Å². The average Bonchev–Trinajstić information content (AvgIpc) is 3.56. The van der Waals surface area contributed by atoms with Gasteiger partial charge in [-0.05, 0) is 48.4 Å². The normalized spacial score (nSPS) is 12.8. The van der Waals surface area contributed by atoms with Crippen molar-refractivity contribution in [2.75, 3.05) is 31.2 Å². The molecule has 1 aliphatic heterocycles. The third-order valence-corrected chi connectivity index (χ3v) is 6.06. The first kappa shape index (κ1) is 27.8. The van der Waals surface area contributed by atoms with Gasteiger partial charge in [0.05, 0.1) is 37.2 Å². The van der Waals surface area contributed by atoms with Gasteiger partial charge in [-0.25, -0.2) is 4.68 Å². The molecule has 0 atom stereocenters. The number of hydrogen-bond donors (Lipinski definition) is 1. The molecule has 0 saturated carbocycles. The van der Waals surface area contributed by atoms with E-state index in [4.69, 9.17) is 9.47 Å². The summed E-state index contributed by atoms with van der Waals surface area (Å²) in [6.45, 7) is 6.64. The van der Waals surface area contributed by atoms with Crippen LogP contribution >= 0.6 is 0 Å². The monoisotopic (exact) mass is 543 g/mol. The second kappa shape index (κ2) is 12.1. The van der Waals surface area contributed by atoms with Crippen LogP contribution in [0.1, 0.15) is 23.6 Å². The van der Waals surface area contributed by atoms with Gasteiger partial charge in [-0.2, -0.15) is 13.2 Å². The Balaban J connectivity index is 1.47. The predicted molar refractivity (Wildman–Crippen MR) is 137 cm³/mol. The quantitative estimate of drug-likeness (QED) is 0.292. The van der Waals surface area contributed by atoms with Crippen LogP contribution < -0.4 is 15.0 Å². The Hall–Kier alpha value is -4.19. The topological polar surface area (TPSA) is 98.6 Å². The largest absolute Gasteiger partial charge is 0.489 e. The van der Waals surface area contributed by atoms with Gasteiger partial charge in [-0.3, -0.25) is 9.59 Å². The number of rotatable bonds is 11. The molecule has 0 fully saturated rings.